The quantitative estimate of drug-likeness (QED) is 0.0948. The molecule has 18 heteroatoms. The molecule has 0 aliphatic carbocycles. The molecule has 0 radical (unpaired) electrons. The van der Waals surface area contributed by atoms with Gasteiger partial charge >= 0.3 is 6.18 Å². The highest BCUT2D eigenvalue weighted by Gasteiger charge is 2.42. The second-order valence-electron chi connectivity index (χ2n) is 18.5. The summed E-state index contributed by atoms with van der Waals surface area (Å²) in [6.07, 6.45) is 4.06. The normalized spacial score (nSPS) is 17.3. The number of amides is 3. The summed E-state index contributed by atoms with van der Waals surface area (Å²) in [5.41, 5.74) is 5.51. The lowest BCUT2D eigenvalue weighted by Crippen LogP contribution is -2.58. The van der Waals surface area contributed by atoms with Crippen molar-refractivity contribution >= 4 is 34.9 Å². The van der Waals surface area contributed by atoms with Crippen molar-refractivity contribution in [1.82, 2.24) is 40.3 Å². The number of fused-ring (bicyclic) bond motifs is 1. The zero-order chi connectivity index (χ0) is 46.8. The number of benzene rings is 2. The molecule has 3 amide bonds. The summed E-state index contributed by atoms with van der Waals surface area (Å²) in [5.74, 6) is 0.172. The Morgan fingerprint density at radius 1 is 0.879 bits per heavy atom. The SMILES string of the molecule is Cc1ncsc1-c1ccc(CNC(=O)[C@@H]2CCCN2C(=O)[C@@H](NC(=O)COCCCCCCCOc2ccc(C3CCN(C4=Nn5c(nnc5C(F)(F)F)CC4)CC3)cc2)C(C)(C)C)cc1. The molecule has 0 spiro atoms. The number of aromatic nitrogens is 4. The van der Waals surface area contributed by atoms with E-state index in [1.54, 1.807) is 16.2 Å². The minimum absolute atomic E-state index is 0.145. The number of unbranched alkanes of at least 4 members (excludes halogenated alkanes) is 4. The number of aryl methyl sites for hydroxylation is 2. The van der Waals surface area contributed by atoms with Gasteiger partial charge in [-0.1, -0.05) is 76.4 Å². The molecule has 0 unspecified atom stereocenters. The minimum Gasteiger partial charge on any atom is -0.494 e. The Balaban J connectivity index is 0.741. The molecule has 4 aromatic rings. The molecule has 66 heavy (non-hydrogen) atoms. The zero-order valence-corrected chi connectivity index (χ0v) is 39.2. The number of rotatable bonds is 18. The molecular weight excluding hydrogens is 872 g/mol. The van der Waals surface area contributed by atoms with E-state index in [0.717, 1.165) is 90.2 Å². The topological polar surface area (TPSA) is 156 Å². The molecule has 0 bridgehead atoms. The summed E-state index contributed by atoms with van der Waals surface area (Å²) in [6.45, 7) is 10.9. The van der Waals surface area contributed by atoms with E-state index in [2.05, 4.69) is 47.9 Å². The Morgan fingerprint density at radius 3 is 2.27 bits per heavy atom. The highest BCUT2D eigenvalue weighted by atomic mass is 32.1. The van der Waals surface area contributed by atoms with Crippen LogP contribution in [0.5, 0.6) is 5.75 Å². The van der Waals surface area contributed by atoms with Crippen LogP contribution in [0.3, 0.4) is 0 Å². The van der Waals surface area contributed by atoms with Gasteiger partial charge in [0.05, 0.1) is 22.7 Å². The van der Waals surface area contributed by atoms with Crippen molar-refractivity contribution in [3.8, 4) is 16.2 Å². The van der Waals surface area contributed by atoms with Gasteiger partial charge in [0, 0.05) is 45.6 Å². The highest BCUT2D eigenvalue weighted by molar-refractivity contribution is 7.13. The molecule has 2 fully saturated rings. The maximum Gasteiger partial charge on any atom is 0.453 e. The first-order chi connectivity index (χ1) is 31.7. The van der Waals surface area contributed by atoms with Gasteiger partial charge in [-0.15, -0.1) is 21.5 Å². The van der Waals surface area contributed by atoms with Gasteiger partial charge in [0.2, 0.25) is 17.7 Å². The van der Waals surface area contributed by atoms with E-state index in [-0.39, 0.29) is 30.2 Å². The van der Waals surface area contributed by atoms with Gasteiger partial charge in [-0.25, -0.2) is 4.98 Å². The van der Waals surface area contributed by atoms with Crippen LogP contribution in [0, 0.1) is 12.3 Å². The predicted octanol–water partition coefficient (Wildman–Crippen LogP) is 7.90. The minimum atomic E-state index is -4.60. The average molecular weight is 934 g/mol. The summed E-state index contributed by atoms with van der Waals surface area (Å²) in [6, 6.07) is 14.8. The van der Waals surface area contributed by atoms with Crippen molar-refractivity contribution in [2.45, 2.75) is 129 Å². The summed E-state index contributed by atoms with van der Waals surface area (Å²) in [7, 11) is 0. The van der Waals surface area contributed by atoms with Crippen LogP contribution in [0.25, 0.3) is 10.4 Å². The number of hydrogen-bond donors (Lipinski definition) is 2. The first-order valence-corrected chi connectivity index (χ1v) is 24.1. The van der Waals surface area contributed by atoms with Crippen LogP contribution in [0.4, 0.5) is 13.2 Å². The monoisotopic (exact) mass is 933 g/mol. The third-order valence-electron chi connectivity index (χ3n) is 12.6. The standard InChI is InChI=1S/C48H62F3N9O5S/c1-32-42(66-31-53-32)36-14-12-33(13-15-36)29-52-44(62)38-11-10-24-59(38)45(63)43(47(2,3)4)54-41(61)30-64-27-8-6-5-7-9-28-65-37-18-16-34(17-19-37)35-22-25-58(26-23-35)40-21-20-39-55-56-46(48(49,50)51)60(39)57-40/h12-19,31,35,38,43H,5-11,20-30H2,1-4H3,(H,52,62)(H,54,61)/t38-,43+/m0/s1. The number of likely N-dealkylation sites (tertiary alicyclic amines) is 2. The van der Waals surface area contributed by atoms with Crippen LogP contribution < -0.4 is 15.4 Å². The zero-order valence-electron chi connectivity index (χ0n) is 38.4. The van der Waals surface area contributed by atoms with Crippen LogP contribution in [-0.4, -0.2) is 105 Å². The lowest BCUT2D eigenvalue weighted by atomic mass is 9.85. The number of nitrogens with zero attached hydrogens (tertiary/aromatic N) is 7. The Labute approximate surface area is 388 Å². The number of alkyl halides is 3. The first-order valence-electron chi connectivity index (χ1n) is 23.2. The fourth-order valence-corrected chi connectivity index (χ4v) is 9.65. The summed E-state index contributed by atoms with van der Waals surface area (Å²) in [4.78, 5) is 49.5. The van der Waals surface area contributed by atoms with Gasteiger partial charge in [0.15, 0.2) is 5.82 Å². The molecule has 2 N–H and O–H groups in total. The van der Waals surface area contributed by atoms with Crippen molar-refractivity contribution in [3.63, 3.8) is 0 Å². The van der Waals surface area contributed by atoms with Crippen LogP contribution >= 0.6 is 11.3 Å². The average Bonchev–Trinajstić information content (AvgIpc) is 4.08. The number of thiazole rings is 1. The molecular formula is C48H62F3N9O5S. The Kier molecular flexibility index (Phi) is 16.2. The third-order valence-corrected chi connectivity index (χ3v) is 13.6. The Morgan fingerprint density at radius 2 is 1.59 bits per heavy atom. The van der Waals surface area contributed by atoms with Crippen molar-refractivity contribution in [2.24, 2.45) is 10.5 Å². The molecule has 14 nitrogen and oxygen atoms in total. The van der Waals surface area contributed by atoms with E-state index in [9.17, 15) is 27.6 Å². The number of hydrogen-bond acceptors (Lipinski definition) is 11. The van der Waals surface area contributed by atoms with Gasteiger partial charge in [-0.3, -0.25) is 14.4 Å². The highest BCUT2D eigenvalue weighted by Crippen LogP contribution is 2.33. The molecule has 2 saturated heterocycles. The van der Waals surface area contributed by atoms with E-state index >= 15 is 0 Å². The van der Waals surface area contributed by atoms with E-state index in [0.29, 0.717) is 63.7 Å². The molecule has 0 saturated carbocycles. The van der Waals surface area contributed by atoms with Crippen LogP contribution in [0.15, 0.2) is 59.1 Å². The Bertz CT molecular complexity index is 2280. The summed E-state index contributed by atoms with van der Waals surface area (Å²) < 4.78 is 52.6. The third kappa shape index (κ3) is 12.5. The number of piperidine rings is 1. The van der Waals surface area contributed by atoms with Crippen molar-refractivity contribution in [1.29, 1.82) is 0 Å². The van der Waals surface area contributed by atoms with Gasteiger partial charge in [0.25, 0.3) is 5.82 Å². The summed E-state index contributed by atoms with van der Waals surface area (Å²) >= 11 is 1.60. The lowest BCUT2D eigenvalue weighted by Gasteiger charge is -2.35. The van der Waals surface area contributed by atoms with E-state index in [4.69, 9.17) is 9.47 Å². The maximum atomic E-state index is 13.9. The first kappa shape index (κ1) is 48.6. The number of carbonyl (C=O) groups is 3. The molecule has 356 valence electrons. The molecule has 3 aliphatic heterocycles. The molecule has 2 aromatic carbocycles. The number of carbonyl (C=O) groups excluding carboxylic acids is 3. The fourth-order valence-electron chi connectivity index (χ4n) is 8.84. The van der Waals surface area contributed by atoms with Crippen molar-refractivity contribution in [2.75, 3.05) is 39.5 Å². The van der Waals surface area contributed by atoms with E-state index < -0.39 is 29.5 Å². The van der Waals surface area contributed by atoms with Crippen LogP contribution in [0.1, 0.15) is 119 Å². The second kappa shape index (κ2) is 22.0. The Hall–Kier alpha value is -5.36. The smallest absolute Gasteiger partial charge is 0.453 e. The molecule has 2 atom stereocenters. The van der Waals surface area contributed by atoms with E-state index in [1.165, 1.54) is 5.56 Å². The van der Waals surface area contributed by atoms with Gasteiger partial charge < -0.3 is 29.9 Å². The fraction of sp³-hybridized carbons (Fsp3) is 0.562. The van der Waals surface area contributed by atoms with Crippen molar-refractivity contribution < 1.29 is 37.0 Å². The van der Waals surface area contributed by atoms with Gasteiger partial charge in [-0.2, -0.15) is 22.9 Å². The molecule has 5 heterocycles. The maximum absolute atomic E-state index is 13.9. The van der Waals surface area contributed by atoms with Crippen molar-refractivity contribution in [3.05, 3.63) is 82.5 Å². The molecule has 7 rings (SSSR count). The lowest BCUT2D eigenvalue weighted by molar-refractivity contribution is -0.147. The molecule has 2 aromatic heterocycles. The largest absolute Gasteiger partial charge is 0.494 e. The van der Waals surface area contributed by atoms with Gasteiger partial charge in [0.1, 0.15) is 30.3 Å². The summed E-state index contributed by atoms with van der Waals surface area (Å²) in [5, 5.41) is 17.2. The van der Waals surface area contributed by atoms with Crippen LogP contribution in [0.2, 0.25) is 0 Å². The van der Waals surface area contributed by atoms with Gasteiger partial charge in [-0.05, 0) is 85.6 Å². The number of halogens is 3. The predicted molar refractivity (Wildman–Crippen MR) is 246 cm³/mol. The number of ether oxygens (including phenoxy) is 2. The molecule has 3 aliphatic rings. The van der Waals surface area contributed by atoms with Crippen LogP contribution in [-0.2, 0) is 38.3 Å². The number of amidine groups is 1. The second-order valence-corrected chi connectivity index (χ2v) is 19.4. The van der Waals surface area contributed by atoms with E-state index in [1.807, 2.05) is 69.6 Å². The number of nitrogens with one attached hydrogen (secondary N) is 2.